The smallest absolute Gasteiger partial charge is 0.215 e. The minimum Gasteiger partial charge on any atom is -0.474 e. The highest BCUT2D eigenvalue weighted by atomic mass is 127. The fourth-order valence-corrected chi connectivity index (χ4v) is 1.73. The van der Waals surface area contributed by atoms with Gasteiger partial charge in [-0.15, -0.1) is 0 Å². The van der Waals surface area contributed by atoms with Gasteiger partial charge in [0.2, 0.25) is 5.88 Å². The molecule has 2 aliphatic rings. The van der Waals surface area contributed by atoms with E-state index in [1.807, 2.05) is 12.2 Å². The number of ether oxygens (including phenoxy) is 1. The van der Waals surface area contributed by atoms with Crippen molar-refractivity contribution in [3.05, 3.63) is 35.0 Å². The lowest BCUT2D eigenvalue weighted by Gasteiger charge is -2.24. The van der Waals surface area contributed by atoms with Gasteiger partial charge in [-0.25, -0.2) is 0 Å². The van der Waals surface area contributed by atoms with Gasteiger partial charge in [0.25, 0.3) is 0 Å². The van der Waals surface area contributed by atoms with Gasteiger partial charge in [-0.05, 0) is 12.2 Å². The highest BCUT2D eigenvalue weighted by Gasteiger charge is 2.18. The van der Waals surface area contributed by atoms with Gasteiger partial charge in [-0.3, -0.25) is 0 Å². The largest absolute Gasteiger partial charge is 0.474 e. The molecule has 0 aromatic heterocycles. The molecule has 0 bridgehead atoms. The number of alkyl halides is 1. The van der Waals surface area contributed by atoms with Crippen LogP contribution in [-0.4, -0.2) is 10.7 Å². The Labute approximate surface area is 95.0 Å². The average molecular weight is 311 g/mol. The van der Waals surface area contributed by atoms with E-state index in [4.69, 9.17) is 16.3 Å². The van der Waals surface area contributed by atoms with Crippen molar-refractivity contribution in [3.8, 4) is 0 Å². The first-order chi connectivity index (χ1) is 6.25. The van der Waals surface area contributed by atoms with Gasteiger partial charge in [-0.1, -0.05) is 34.2 Å². The average Bonchev–Trinajstić information content (AvgIpc) is 2.29. The third-order valence-electron chi connectivity index (χ3n) is 1.68. The molecule has 2 rings (SSSR count). The number of allylic oxidation sites excluding steroid dienone is 3. The van der Waals surface area contributed by atoms with Gasteiger partial charge >= 0.3 is 0 Å². The second-order valence-corrected chi connectivity index (χ2v) is 4.61. The predicted octanol–water partition coefficient (Wildman–Crippen LogP) is 1.78. The summed E-state index contributed by atoms with van der Waals surface area (Å²) < 4.78 is 5.77. The Balaban J connectivity index is 2.24. The highest BCUT2D eigenvalue weighted by Crippen LogP contribution is 2.18. The molecule has 0 saturated carbocycles. The van der Waals surface area contributed by atoms with Crippen LogP contribution in [0.3, 0.4) is 0 Å². The third kappa shape index (κ3) is 2.11. The van der Waals surface area contributed by atoms with Crippen molar-refractivity contribution in [2.24, 2.45) is 0 Å². The Bertz CT molecular complexity index is 311. The summed E-state index contributed by atoms with van der Waals surface area (Å²) in [5.74, 6) is 0.736. The fraction of sp³-hybridized carbons (Fsp3) is 0.250. The highest BCUT2D eigenvalue weighted by molar-refractivity contribution is 14.1. The van der Waals surface area contributed by atoms with E-state index in [1.165, 1.54) is 0 Å². The van der Waals surface area contributed by atoms with Gasteiger partial charge in [0, 0.05) is 6.20 Å². The Kier molecular flexibility index (Phi) is 2.69. The van der Waals surface area contributed by atoms with Crippen LogP contribution < -0.4 is 10.6 Å². The van der Waals surface area contributed by atoms with E-state index in [0.717, 1.165) is 11.6 Å². The summed E-state index contributed by atoms with van der Waals surface area (Å²) in [5.41, 5.74) is 0.942. The first-order valence-electron chi connectivity index (χ1n) is 3.83. The SMILES string of the molecule is ClC1=CNC2=C(C=C1)NC(I)CO2. The fourth-order valence-electron chi connectivity index (χ4n) is 1.10. The lowest BCUT2D eigenvalue weighted by molar-refractivity contribution is 0.174. The molecule has 0 fully saturated rings. The van der Waals surface area contributed by atoms with Crippen LogP contribution in [0.5, 0.6) is 0 Å². The van der Waals surface area contributed by atoms with Crippen molar-refractivity contribution in [3.63, 3.8) is 0 Å². The van der Waals surface area contributed by atoms with E-state index in [-0.39, 0.29) is 0 Å². The van der Waals surface area contributed by atoms with Crippen LogP contribution in [0.4, 0.5) is 0 Å². The van der Waals surface area contributed by atoms with Gasteiger partial charge < -0.3 is 15.4 Å². The van der Waals surface area contributed by atoms with Crippen molar-refractivity contribution < 1.29 is 4.74 Å². The molecular formula is C8H8ClIN2O. The summed E-state index contributed by atoms with van der Waals surface area (Å²) in [5, 5.41) is 6.92. The maximum atomic E-state index is 5.82. The van der Waals surface area contributed by atoms with E-state index in [0.29, 0.717) is 15.7 Å². The standard InChI is InChI=1S/C8H8ClIN2O/c9-5-1-2-6-8(11-3-5)13-4-7(10)12-6/h1-3,7,11-12H,4H2. The summed E-state index contributed by atoms with van der Waals surface area (Å²) in [6.07, 6.45) is 5.43. The van der Waals surface area contributed by atoms with Crippen LogP contribution in [-0.2, 0) is 4.74 Å². The maximum Gasteiger partial charge on any atom is 0.215 e. The zero-order chi connectivity index (χ0) is 9.26. The van der Waals surface area contributed by atoms with Crippen molar-refractivity contribution in [1.82, 2.24) is 10.6 Å². The van der Waals surface area contributed by atoms with E-state index in [9.17, 15) is 0 Å². The monoisotopic (exact) mass is 310 g/mol. The molecule has 3 nitrogen and oxygen atoms in total. The first kappa shape index (κ1) is 9.21. The topological polar surface area (TPSA) is 33.3 Å². The number of hydrogen-bond donors (Lipinski definition) is 2. The quantitative estimate of drug-likeness (QED) is 0.406. The molecule has 0 radical (unpaired) electrons. The molecular weight excluding hydrogens is 302 g/mol. The Morgan fingerprint density at radius 2 is 2.38 bits per heavy atom. The molecule has 13 heavy (non-hydrogen) atoms. The molecule has 0 saturated heterocycles. The van der Waals surface area contributed by atoms with E-state index < -0.39 is 0 Å². The van der Waals surface area contributed by atoms with Crippen molar-refractivity contribution in [2.75, 3.05) is 6.61 Å². The number of hydrogen-bond acceptors (Lipinski definition) is 3. The molecule has 0 aromatic carbocycles. The molecule has 2 heterocycles. The van der Waals surface area contributed by atoms with E-state index in [2.05, 4.69) is 33.2 Å². The molecule has 1 unspecified atom stereocenters. The molecule has 0 aliphatic carbocycles. The van der Waals surface area contributed by atoms with Crippen LogP contribution >= 0.6 is 34.2 Å². The van der Waals surface area contributed by atoms with Gasteiger partial charge in [-0.2, -0.15) is 0 Å². The zero-order valence-corrected chi connectivity index (χ0v) is 9.59. The normalized spacial score (nSPS) is 26.3. The van der Waals surface area contributed by atoms with Crippen LogP contribution in [0.2, 0.25) is 0 Å². The van der Waals surface area contributed by atoms with Crippen LogP contribution in [0, 0.1) is 0 Å². The predicted molar refractivity (Wildman–Crippen MR) is 60.1 cm³/mol. The van der Waals surface area contributed by atoms with Crippen molar-refractivity contribution in [1.29, 1.82) is 0 Å². The molecule has 70 valence electrons. The number of halogens is 2. The van der Waals surface area contributed by atoms with Gasteiger partial charge in [0.05, 0.1) is 10.7 Å². The Hall–Kier alpha value is -0.360. The van der Waals surface area contributed by atoms with E-state index in [1.54, 1.807) is 6.20 Å². The van der Waals surface area contributed by atoms with Crippen LogP contribution in [0.25, 0.3) is 0 Å². The number of rotatable bonds is 0. The maximum absolute atomic E-state index is 5.82. The van der Waals surface area contributed by atoms with Crippen molar-refractivity contribution in [2.45, 2.75) is 4.05 Å². The second kappa shape index (κ2) is 3.79. The molecule has 5 heteroatoms. The van der Waals surface area contributed by atoms with Gasteiger partial charge in [0.15, 0.2) is 0 Å². The molecule has 0 spiro atoms. The Morgan fingerprint density at radius 3 is 3.23 bits per heavy atom. The third-order valence-corrected chi connectivity index (χ3v) is 2.59. The van der Waals surface area contributed by atoms with Crippen LogP contribution in [0.15, 0.2) is 35.0 Å². The number of nitrogens with one attached hydrogen (secondary N) is 2. The summed E-state index contributed by atoms with van der Waals surface area (Å²) >= 11 is 8.10. The molecule has 0 aromatic rings. The summed E-state index contributed by atoms with van der Waals surface area (Å²) in [6.45, 7) is 0.658. The Morgan fingerprint density at radius 1 is 1.54 bits per heavy atom. The summed E-state index contributed by atoms with van der Waals surface area (Å²) in [7, 11) is 0. The lowest BCUT2D eigenvalue weighted by Crippen LogP contribution is -2.35. The van der Waals surface area contributed by atoms with Gasteiger partial charge in [0.1, 0.15) is 10.7 Å². The molecule has 2 aliphatic heterocycles. The van der Waals surface area contributed by atoms with Crippen molar-refractivity contribution >= 4 is 34.2 Å². The minimum atomic E-state index is 0.305. The zero-order valence-electron chi connectivity index (χ0n) is 6.68. The molecule has 2 N–H and O–H groups in total. The lowest BCUT2D eigenvalue weighted by atomic mass is 10.3. The summed E-state index contributed by atoms with van der Waals surface area (Å²) in [6, 6.07) is 0. The second-order valence-electron chi connectivity index (χ2n) is 2.67. The van der Waals surface area contributed by atoms with Crippen LogP contribution in [0.1, 0.15) is 0 Å². The first-order valence-corrected chi connectivity index (χ1v) is 5.46. The molecule has 1 atom stereocenters. The molecule has 0 amide bonds. The minimum absolute atomic E-state index is 0.305. The van der Waals surface area contributed by atoms with E-state index >= 15 is 0 Å². The summed E-state index contributed by atoms with van der Waals surface area (Å²) in [4.78, 5) is 0.